The number of halogens is 1. The molecule has 2 aromatic rings. The van der Waals surface area contributed by atoms with E-state index in [0.29, 0.717) is 6.61 Å². The van der Waals surface area contributed by atoms with Gasteiger partial charge in [0, 0.05) is 16.0 Å². The first kappa shape index (κ1) is 15.3. The molecule has 2 nitrogen and oxygen atoms in total. The molecule has 0 aromatic heterocycles. The Balaban J connectivity index is 1.87. The van der Waals surface area contributed by atoms with Gasteiger partial charge in [-0.2, -0.15) is 0 Å². The van der Waals surface area contributed by atoms with Crippen LogP contribution in [-0.4, -0.2) is 19.5 Å². The highest BCUT2D eigenvalue weighted by Gasteiger charge is 2.05. The van der Waals surface area contributed by atoms with Gasteiger partial charge < -0.3 is 9.47 Å². The maximum atomic E-state index is 5.83. The average Bonchev–Trinajstić information content (AvgIpc) is 2.52. The molecule has 0 aliphatic heterocycles. The van der Waals surface area contributed by atoms with E-state index in [1.165, 1.54) is 10.5 Å². The Kier molecular flexibility index (Phi) is 6.27. The first-order chi connectivity index (χ1) is 9.83. The van der Waals surface area contributed by atoms with Crippen LogP contribution < -0.4 is 9.47 Å². The van der Waals surface area contributed by atoms with E-state index in [-0.39, 0.29) is 0 Å². The molecule has 0 spiro atoms. The second-order valence-electron chi connectivity index (χ2n) is 4.13. The molecule has 0 atom stereocenters. The van der Waals surface area contributed by atoms with E-state index in [4.69, 9.17) is 9.47 Å². The van der Waals surface area contributed by atoms with Crippen molar-refractivity contribution in [1.29, 1.82) is 0 Å². The SMILES string of the molecule is COc1ccc(CBr)cc1OCCSc1ccccc1. The van der Waals surface area contributed by atoms with Crippen molar-refractivity contribution in [2.75, 3.05) is 19.5 Å². The largest absolute Gasteiger partial charge is 0.493 e. The third kappa shape index (κ3) is 4.46. The zero-order valence-corrected chi connectivity index (χ0v) is 13.7. The lowest BCUT2D eigenvalue weighted by atomic mass is 10.2. The number of methoxy groups -OCH3 is 1. The van der Waals surface area contributed by atoms with E-state index in [1.807, 2.05) is 36.4 Å². The molecule has 0 aliphatic carbocycles. The van der Waals surface area contributed by atoms with Gasteiger partial charge in [0.15, 0.2) is 11.5 Å². The second kappa shape index (κ2) is 8.22. The van der Waals surface area contributed by atoms with E-state index in [9.17, 15) is 0 Å². The fraction of sp³-hybridized carbons (Fsp3) is 0.250. The third-order valence-electron chi connectivity index (χ3n) is 2.74. The van der Waals surface area contributed by atoms with Crippen molar-refractivity contribution in [2.45, 2.75) is 10.2 Å². The van der Waals surface area contributed by atoms with Crippen molar-refractivity contribution < 1.29 is 9.47 Å². The Morgan fingerprint density at radius 3 is 2.55 bits per heavy atom. The molecule has 0 unspecified atom stereocenters. The van der Waals surface area contributed by atoms with E-state index >= 15 is 0 Å². The molecule has 0 N–H and O–H groups in total. The molecule has 0 saturated carbocycles. The van der Waals surface area contributed by atoms with Crippen LogP contribution in [0, 0.1) is 0 Å². The molecular weight excluding hydrogens is 336 g/mol. The summed E-state index contributed by atoms with van der Waals surface area (Å²) in [6, 6.07) is 16.3. The van der Waals surface area contributed by atoms with Crippen molar-refractivity contribution in [1.82, 2.24) is 0 Å². The molecule has 0 saturated heterocycles. The third-order valence-corrected chi connectivity index (χ3v) is 4.36. The van der Waals surface area contributed by atoms with Crippen molar-refractivity contribution >= 4 is 27.7 Å². The maximum absolute atomic E-state index is 5.83. The standard InChI is InChI=1S/C16H17BrO2S/c1-18-15-8-7-13(12-17)11-16(15)19-9-10-20-14-5-3-2-4-6-14/h2-8,11H,9-10,12H2,1H3. The molecule has 0 bridgehead atoms. The normalized spacial score (nSPS) is 10.3. The monoisotopic (exact) mass is 352 g/mol. The number of thioether (sulfide) groups is 1. The lowest BCUT2D eigenvalue weighted by Gasteiger charge is -2.11. The Labute approximate surface area is 132 Å². The quantitative estimate of drug-likeness (QED) is 0.406. The highest BCUT2D eigenvalue weighted by Crippen LogP contribution is 2.29. The van der Waals surface area contributed by atoms with Gasteiger partial charge in [0.05, 0.1) is 13.7 Å². The minimum Gasteiger partial charge on any atom is -0.493 e. The van der Waals surface area contributed by atoms with Crippen LogP contribution >= 0.6 is 27.7 Å². The molecule has 0 radical (unpaired) electrons. The van der Waals surface area contributed by atoms with Crippen LogP contribution in [0.25, 0.3) is 0 Å². The summed E-state index contributed by atoms with van der Waals surface area (Å²) in [5.41, 5.74) is 1.18. The molecule has 4 heteroatoms. The van der Waals surface area contributed by atoms with Crippen LogP contribution in [0.15, 0.2) is 53.4 Å². The van der Waals surface area contributed by atoms with Gasteiger partial charge in [0.1, 0.15) is 0 Å². The second-order valence-corrected chi connectivity index (χ2v) is 5.86. The maximum Gasteiger partial charge on any atom is 0.161 e. The van der Waals surface area contributed by atoms with Gasteiger partial charge in [-0.15, -0.1) is 11.8 Å². The average molecular weight is 353 g/mol. The molecule has 0 fully saturated rings. The van der Waals surface area contributed by atoms with E-state index in [1.54, 1.807) is 18.9 Å². The van der Waals surface area contributed by atoms with Crippen LogP contribution in [0.1, 0.15) is 5.56 Å². The Morgan fingerprint density at radius 1 is 1.05 bits per heavy atom. The van der Waals surface area contributed by atoms with Crippen LogP contribution in [0.2, 0.25) is 0 Å². The zero-order valence-electron chi connectivity index (χ0n) is 11.3. The van der Waals surface area contributed by atoms with Crippen LogP contribution in [0.3, 0.4) is 0 Å². The summed E-state index contributed by atoms with van der Waals surface area (Å²) in [5.74, 6) is 2.49. The van der Waals surface area contributed by atoms with Gasteiger partial charge >= 0.3 is 0 Å². The summed E-state index contributed by atoms with van der Waals surface area (Å²) < 4.78 is 11.1. The summed E-state index contributed by atoms with van der Waals surface area (Å²) in [5, 5.41) is 0.812. The van der Waals surface area contributed by atoms with Crippen LogP contribution in [0.5, 0.6) is 11.5 Å². The summed E-state index contributed by atoms with van der Waals surface area (Å²) in [7, 11) is 1.66. The number of rotatable bonds is 7. The molecule has 0 aliphatic rings. The summed E-state index contributed by atoms with van der Waals surface area (Å²) in [6.45, 7) is 0.654. The highest BCUT2D eigenvalue weighted by molar-refractivity contribution is 9.08. The lowest BCUT2D eigenvalue weighted by Crippen LogP contribution is -2.02. The Hall–Kier alpha value is -1.13. The molecule has 2 aromatic carbocycles. The molecular formula is C16H17BrO2S. The van der Waals surface area contributed by atoms with Crippen molar-refractivity contribution in [3.63, 3.8) is 0 Å². The molecule has 106 valence electrons. The molecule has 20 heavy (non-hydrogen) atoms. The predicted octanol–water partition coefficient (Wildman–Crippen LogP) is 4.76. The Bertz CT molecular complexity index is 531. The van der Waals surface area contributed by atoms with Gasteiger partial charge in [-0.1, -0.05) is 40.2 Å². The minimum absolute atomic E-state index is 0.654. The molecule has 0 heterocycles. The summed E-state index contributed by atoms with van der Waals surface area (Å²) >= 11 is 5.24. The molecule has 0 amide bonds. The van der Waals surface area contributed by atoms with Gasteiger partial charge in [-0.05, 0) is 29.8 Å². The predicted molar refractivity (Wildman–Crippen MR) is 88.3 cm³/mol. The van der Waals surface area contributed by atoms with Gasteiger partial charge in [-0.3, -0.25) is 0 Å². The van der Waals surface area contributed by atoms with E-state index in [0.717, 1.165) is 22.6 Å². The van der Waals surface area contributed by atoms with E-state index < -0.39 is 0 Å². The van der Waals surface area contributed by atoms with Gasteiger partial charge in [0.25, 0.3) is 0 Å². The first-order valence-electron chi connectivity index (χ1n) is 6.37. The van der Waals surface area contributed by atoms with Gasteiger partial charge in [0.2, 0.25) is 0 Å². The van der Waals surface area contributed by atoms with Crippen molar-refractivity contribution in [3.05, 3.63) is 54.1 Å². The number of ether oxygens (including phenoxy) is 2. The fourth-order valence-electron chi connectivity index (χ4n) is 1.74. The lowest BCUT2D eigenvalue weighted by molar-refractivity contribution is 0.313. The number of alkyl halides is 1. The molecule has 2 rings (SSSR count). The topological polar surface area (TPSA) is 18.5 Å². The summed E-state index contributed by atoms with van der Waals surface area (Å²) in [4.78, 5) is 1.26. The van der Waals surface area contributed by atoms with Crippen LogP contribution in [0.4, 0.5) is 0 Å². The number of benzene rings is 2. The fourth-order valence-corrected chi connectivity index (χ4v) is 2.85. The highest BCUT2D eigenvalue weighted by atomic mass is 79.9. The van der Waals surface area contributed by atoms with E-state index in [2.05, 4.69) is 28.1 Å². The smallest absolute Gasteiger partial charge is 0.161 e. The number of hydrogen-bond donors (Lipinski definition) is 0. The number of hydrogen-bond acceptors (Lipinski definition) is 3. The summed E-state index contributed by atoms with van der Waals surface area (Å²) in [6.07, 6.45) is 0. The zero-order chi connectivity index (χ0) is 14.2. The van der Waals surface area contributed by atoms with Crippen molar-refractivity contribution in [3.8, 4) is 11.5 Å². The minimum atomic E-state index is 0.654. The van der Waals surface area contributed by atoms with Crippen LogP contribution in [-0.2, 0) is 5.33 Å². The van der Waals surface area contributed by atoms with Crippen molar-refractivity contribution in [2.24, 2.45) is 0 Å². The Morgan fingerprint density at radius 2 is 1.85 bits per heavy atom. The first-order valence-corrected chi connectivity index (χ1v) is 8.47. The van der Waals surface area contributed by atoms with Gasteiger partial charge in [-0.25, -0.2) is 0 Å².